The number of rotatable bonds is 10. The van der Waals surface area contributed by atoms with Gasteiger partial charge in [-0.2, -0.15) is 0 Å². The number of amides is 1. The molecule has 0 aliphatic heterocycles. The third-order valence-corrected chi connectivity index (χ3v) is 3.76. The zero-order valence-electron chi connectivity index (χ0n) is 15.0. The molecule has 0 bridgehead atoms. The number of hydrogen-bond donors (Lipinski definition) is 1. The van der Waals surface area contributed by atoms with E-state index in [1.165, 1.54) is 0 Å². The van der Waals surface area contributed by atoms with Crippen molar-refractivity contribution in [3.63, 3.8) is 0 Å². The molecule has 138 valence electrons. The van der Waals surface area contributed by atoms with Crippen LogP contribution in [0.25, 0.3) is 0 Å². The Kier molecular flexibility index (Phi) is 8.36. The molecule has 1 amide bonds. The molecule has 0 heterocycles. The lowest BCUT2D eigenvalue weighted by molar-refractivity contribution is -0.148. The minimum atomic E-state index is -0.670. The van der Waals surface area contributed by atoms with E-state index in [-0.39, 0.29) is 12.5 Å². The quantitative estimate of drug-likeness (QED) is 0.525. The summed E-state index contributed by atoms with van der Waals surface area (Å²) < 4.78 is 10.7. The average Bonchev–Trinajstić information content (AvgIpc) is 2.67. The Morgan fingerprint density at radius 1 is 0.923 bits per heavy atom. The van der Waals surface area contributed by atoms with Gasteiger partial charge in [0, 0.05) is 13.0 Å². The number of ether oxygens (including phenoxy) is 2. The summed E-state index contributed by atoms with van der Waals surface area (Å²) in [6.45, 7) is 2.85. The Balaban J connectivity index is 1.57. The van der Waals surface area contributed by atoms with Crippen molar-refractivity contribution in [3.8, 4) is 0 Å². The molecule has 0 aromatic heterocycles. The molecule has 5 nitrogen and oxygen atoms in total. The molecular weight excluding hydrogens is 330 g/mol. The van der Waals surface area contributed by atoms with Crippen LogP contribution in [0, 0.1) is 0 Å². The van der Waals surface area contributed by atoms with Crippen LogP contribution in [0.5, 0.6) is 0 Å². The van der Waals surface area contributed by atoms with E-state index in [0.717, 1.165) is 11.1 Å². The van der Waals surface area contributed by atoms with E-state index in [4.69, 9.17) is 9.47 Å². The summed E-state index contributed by atoms with van der Waals surface area (Å²) in [5.74, 6) is -0.625. The Bertz CT molecular complexity index is 673. The fraction of sp³-hybridized carbons (Fsp3) is 0.333. The summed E-state index contributed by atoms with van der Waals surface area (Å²) in [7, 11) is 0. The number of carbonyl (C=O) groups excluding carboxylic acids is 2. The maximum Gasteiger partial charge on any atom is 0.328 e. The molecule has 0 aliphatic carbocycles. The average molecular weight is 355 g/mol. The summed E-state index contributed by atoms with van der Waals surface area (Å²) in [5, 5.41) is 2.66. The van der Waals surface area contributed by atoms with Crippen LogP contribution in [0.15, 0.2) is 60.7 Å². The van der Waals surface area contributed by atoms with Crippen LogP contribution in [0.1, 0.15) is 30.9 Å². The van der Waals surface area contributed by atoms with Crippen molar-refractivity contribution in [2.45, 2.75) is 39.0 Å². The van der Waals surface area contributed by atoms with Crippen molar-refractivity contribution in [3.05, 3.63) is 71.8 Å². The molecular formula is C21H25NO4. The second kappa shape index (κ2) is 11.1. The van der Waals surface area contributed by atoms with Gasteiger partial charge in [0.2, 0.25) is 5.91 Å². The smallest absolute Gasteiger partial charge is 0.328 e. The van der Waals surface area contributed by atoms with Crippen LogP contribution >= 0.6 is 0 Å². The van der Waals surface area contributed by atoms with Crippen molar-refractivity contribution in [1.29, 1.82) is 0 Å². The summed E-state index contributed by atoms with van der Waals surface area (Å²) in [4.78, 5) is 23.8. The van der Waals surface area contributed by atoms with Gasteiger partial charge in [0.1, 0.15) is 12.6 Å². The number of nitrogens with one attached hydrogen (secondary N) is 1. The van der Waals surface area contributed by atoms with Crippen molar-refractivity contribution in [2.24, 2.45) is 0 Å². The first kappa shape index (κ1) is 19.7. The molecule has 0 radical (unpaired) electrons. The van der Waals surface area contributed by atoms with Crippen LogP contribution in [-0.4, -0.2) is 24.5 Å². The van der Waals surface area contributed by atoms with Crippen molar-refractivity contribution in [2.75, 3.05) is 6.61 Å². The maximum absolute atomic E-state index is 11.9. The number of esters is 1. The van der Waals surface area contributed by atoms with Crippen LogP contribution in [0.3, 0.4) is 0 Å². The zero-order valence-corrected chi connectivity index (χ0v) is 15.0. The molecule has 0 saturated carbocycles. The van der Waals surface area contributed by atoms with Gasteiger partial charge in [-0.1, -0.05) is 60.7 Å². The standard InChI is InChI=1S/C21H25NO4/c1-17(21(24)26-16-19-11-6-3-7-12-19)22-20(23)13-8-14-25-15-18-9-4-2-5-10-18/h2-7,9-12,17H,8,13-16H2,1H3,(H,22,23)/t17-/m0/s1. The van der Waals surface area contributed by atoms with Gasteiger partial charge in [0.15, 0.2) is 0 Å². The van der Waals surface area contributed by atoms with E-state index >= 15 is 0 Å². The lowest BCUT2D eigenvalue weighted by Gasteiger charge is -2.13. The molecule has 0 fully saturated rings. The van der Waals surface area contributed by atoms with E-state index in [0.29, 0.717) is 26.1 Å². The minimum absolute atomic E-state index is 0.183. The summed E-state index contributed by atoms with van der Waals surface area (Å²) in [6.07, 6.45) is 0.912. The molecule has 1 atom stereocenters. The van der Waals surface area contributed by atoms with Gasteiger partial charge in [-0.05, 0) is 24.5 Å². The Hall–Kier alpha value is -2.66. The molecule has 2 rings (SSSR count). The van der Waals surface area contributed by atoms with E-state index in [1.54, 1.807) is 6.92 Å². The second-order valence-corrected chi connectivity index (χ2v) is 6.02. The van der Waals surface area contributed by atoms with Crippen molar-refractivity contribution >= 4 is 11.9 Å². The van der Waals surface area contributed by atoms with Crippen LogP contribution < -0.4 is 5.32 Å². The molecule has 2 aromatic carbocycles. The van der Waals surface area contributed by atoms with Crippen molar-refractivity contribution < 1.29 is 19.1 Å². The fourth-order valence-electron chi connectivity index (χ4n) is 2.33. The summed E-state index contributed by atoms with van der Waals surface area (Å²) in [6, 6.07) is 18.6. The number of benzene rings is 2. The normalized spacial score (nSPS) is 11.6. The predicted molar refractivity (Wildman–Crippen MR) is 99.2 cm³/mol. The molecule has 1 N–H and O–H groups in total. The van der Waals surface area contributed by atoms with Crippen LogP contribution in [0.4, 0.5) is 0 Å². The summed E-state index contributed by atoms with van der Waals surface area (Å²) in [5.41, 5.74) is 2.02. The molecule has 0 unspecified atom stereocenters. The monoisotopic (exact) mass is 355 g/mol. The Morgan fingerprint density at radius 3 is 2.12 bits per heavy atom. The van der Waals surface area contributed by atoms with E-state index in [9.17, 15) is 9.59 Å². The van der Waals surface area contributed by atoms with Crippen molar-refractivity contribution in [1.82, 2.24) is 5.32 Å². The van der Waals surface area contributed by atoms with Gasteiger partial charge in [0.05, 0.1) is 6.61 Å². The van der Waals surface area contributed by atoms with Crippen LogP contribution in [0.2, 0.25) is 0 Å². The minimum Gasteiger partial charge on any atom is -0.459 e. The lowest BCUT2D eigenvalue weighted by Crippen LogP contribution is -2.39. The first-order valence-electron chi connectivity index (χ1n) is 8.77. The highest BCUT2D eigenvalue weighted by Crippen LogP contribution is 2.03. The Morgan fingerprint density at radius 2 is 1.50 bits per heavy atom. The largest absolute Gasteiger partial charge is 0.459 e. The zero-order chi connectivity index (χ0) is 18.6. The van der Waals surface area contributed by atoms with Gasteiger partial charge in [-0.15, -0.1) is 0 Å². The van der Waals surface area contributed by atoms with Gasteiger partial charge in [0.25, 0.3) is 0 Å². The highest BCUT2D eigenvalue weighted by atomic mass is 16.5. The highest BCUT2D eigenvalue weighted by molar-refractivity contribution is 5.84. The van der Waals surface area contributed by atoms with E-state index < -0.39 is 12.0 Å². The predicted octanol–water partition coefficient (Wildman–Crippen LogP) is 3.23. The highest BCUT2D eigenvalue weighted by Gasteiger charge is 2.16. The number of carbonyl (C=O) groups is 2. The number of hydrogen-bond acceptors (Lipinski definition) is 4. The molecule has 5 heteroatoms. The van der Waals surface area contributed by atoms with Crippen LogP contribution in [-0.2, 0) is 32.3 Å². The first-order chi connectivity index (χ1) is 12.6. The van der Waals surface area contributed by atoms with E-state index in [1.807, 2.05) is 60.7 Å². The first-order valence-corrected chi connectivity index (χ1v) is 8.77. The molecule has 2 aromatic rings. The van der Waals surface area contributed by atoms with Gasteiger partial charge >= 0.3 is 5.97 Å². The molecule has 0 saturated heterocycles. The van der Waals surface area contributed by atoms with Gasteiger partial charge in [-0.25, -0.2) is 4.79 Å². The third-order valence-electron chi connectivity index (χ3n) is 3.76. The van der Waals surface area contributed by atoms with E-state index in [2.05, 4.69) is 5.32 Å². The van der Waals surface area contributed by atoms with Gasteiger partial charge < -0.3 is 14.8 Å². The molecule has 26 heavy (non-hydrogen) atoms. The summed E-state index contributed by atoms with van der Waals surface area (Å²) >= 11 is 0. The fourth-order valence-corrected chi connectivity index (χ4v) is 2.33. The second-order valence-electron chi connectivity index (χ2n) is 6.02. The third kappa shape index (κ3) is 7.49. The molecule has 0 aliphatic rings. The van der Waals surface area contributed by atoms with Gasteiger partial charge in [-0.3, -0.25) is 4.79 Å². The lowest BCUT2D eigenvalue weighted by atomic mass is 10.2. The molecule has 0 spiro atoms. The topological polar surface area (TPSA) is 64.6 Å². The maximum atomic E-state index is 11.9. The Labute approximate surface area is 154 Å². The SMILES string of the molecule is C[C@H](NC(=O)CCCOCc1ccccc1)C(=O)OCc1ccccc1.